The van der Waals surface area contributed by atoms with E-state index in [-0.39, 0.29) is 17.9 Å². The van der Waals surface area contributed by atoms with Gasteiger partial charge in [-0.2, -0.15) is 0 Å². The van der Waals surface area contributed by atoms with Crippen molar-refractivity contribution in [1.29, 1.82) is 0 Å². The van der Waals surface area contributed by atoms with E-state index in [1.807, 2.05) is 43.3 Å². The summed E-state index contributed by atoms with van der Waals surface area (Å²) >= 11 is 0. The Morgan fingerprint density at radius 1 is 1.04 bits per heavy atom. The minimum Gasteiger partial charge on any atom is -0.489 e. The molecule has 1 unspecified atom stereocenters. The third-order valence-corrected chi connectivity index (χ3v) is 3.94. The van der Waals surface area contributed by atoms with Gasteiger partial charge in [0.25, 0.3) is 0 Å². The van der Waals surface area contributed by atoms with Crippen LogP contribution in [0.3, 0.4) is 0 Å². The van der Waals surface area contributed by atoms with E-state index >= 15 is 0 Å². The molecular formula is C21H21NO5. The van der Waals surface area contributed by atoms with Gasteiger partial charge in [0.05, 0.1) is 6.04 Å². The van der Waals surface area contributed by atoms with Crippen molar-refractivity contribution in [2.24, 2.45) is 0 Å². The van der Waals surface area contributed by atoms with E-state index in [9.17, 15) is 9.59 Å². The minimum absolute atomic E-state index is 0.105. The molecule has 0 saturated heterocycles. The zero-order valence-electron chi connectivity index (χ0n) is 15.4. The molecule has 0 spiro atoms. The topological polar surface area (TPSA) is 77.8 Å². The predicted octanol–water partition coefficient (Wildman–Crippen LogP) is 4.13. The Bertz CT molecular complexity index is 958. The summed E-state index contributed by atoms with van der Waals surface area (Å²) in [6, 6.07) is 14.4. The van der Waals surface area contributed by atoms with Crippen LogP contribution in [0, 0.1) is 0 Å². The molecule has 3 rings (SSSR count). The minimum atomic E-state index is -0.348. The average molecular weight is 367 g/mol. The summed E-state index contributed by atoms with van der Waals surface area (Å²) in [6.07, 6.45) is 0. The first kappa shape index (κ1) is 18.5. The number of nitrogens with one attached hydrogen (secondary N) is 1. The zero-order chi connectivity index (χ0) is 19.4. The molecule has 6 nitrogen and oxygen atoms in total. The summed E-state index contributed by atoms with van der Waals surface area (Å²) < 4.78 is 16.6. The van der Waals surface area contributed by atoms with E-state index < -0.39 is 0 Å². The largest absolute Gasteiger partial charge is 0.489 e. The van der Waals surface area contributed by atoms with Gasteiger partial charge in [0.2, 0.25) is 5.91 Å². The van der Waals surface area contributed by atoms with Gasteiger partial charge in [-0.05, 0) is 48.9 Å². The molecule has 2 aromatic carbocycles. The number of ether oxygens (including phenoxy) is 2. The molecule has 0 saturated carbocycles. The summed E-state index contributed by atoms with van der Waals surface area (Å²) in [5.41, 5.74) is 1.69. The number of benzene rings is 2. The second-order valence-corrected chi connectivity index (χ2v) is 6.30. The van der Waals surface area contributed by atoms with Gasteiger partial charge in [-0.3, -0.25) is 9.59 Å². The van der Waals surface area contributed by atoms with Gasteiger partial charge in [-0.25, -0.2) is 0 Å². The van der Waals surface area contributed by atoms with E-state index in [1.165, 1.54) is 13.8 Å². The molecule has 6 heteroatoms. The maximum absolute atomic E-state index is 11.2. The molecule has 140 valence electrons. The van der Waals surface area contributed by atoms with Crippen LogP contribution in [0.2, 0.25) is 0 Å². The summed E-state index contributed by atoms with van der Waals surface area (Å²) in [5, 5.41) is 3.71. The van der Waals surface area contributed by atoms with Gasteiger partial charge in [0.1, 0.15) is 29.4 Å². The zero-order valence-corrected chi connectivity index (χ0v) is 15.4. The standard InChI is InChI=1S/C21H21NO5/c1-13(22-14(2)23)21-11-17-10-19(8-9-20(17)27-21)25-12-16-4-6-18(7-5-16)26-15(3)24/h4-11,13H,12H2,1-3H3,(H,22,23). The second-order valence-electron chi connectivity index (χ2n) is 6.30. The van der Waals surface area contributed by atoms with E-state index in [1.54, 1.807) is 12.1 Å². The Hall–Kier alpha value is -3.28. The number of furan rings is 1. The molecule has 27 heavy (non-hydrogen) atoms. The number of fused-ring (bicyclic) bond motifs is 1. The highest BCUT2D eigenvalue weighted by atomic mass is 16.5. The van der Waals surface area contributed by atoms with Gasteiger partial charge < -0.3 is 19.2 Å². The lowest BCUT2D eigenvalue weighted by atomic mass is 10.2. The number of rotatable bonds is 6. The fourth-order valence-corrected chi connectivity index (χ4v) is 2.71. The van der Waals surface area contributed by atoms with Gasteiger partial charge in [0, 0.05) is 19.2 Å². The van der Waals surface area contributed by atoms with E-state index in [0.717, 1.165) is 16.5 Å². The molecular weight excluding hydrogens is 346 g/mol. The van der Waals surface area contributed by atoms with Crippen molar-refractivity contribution in [3.63, 3.8) is 0 Å². The number of esters is 1. The molecule has 1 N–H and O–H groups in total. The van der Waals surface area contributed by atoms with E-state index in [0.29, 0.717) is 23.9 Å². The van der Waals surface area contributed by atoms with Crippen LogP contribution in [0.1, 0.15) is 38.1 Å². The SMILES string of the molecule is CC(=O)NC(C)c1cc2cc(OCc3ccc(OC(C)=O)cc3)ccc2o1. The maximum Gasteiger partial charge on any atom is 0.308 e. The fraction of sp³-hybridized carbons (Fsp3) is 0.238. The first-order valence-electron chi connectivity index (χ1n) is 8.61. The highest BCUT2D eigenvalue weighted by molar-refractivity contribution is 5.80. The number of hydrogen-bond donors (Lipinski definition) is 1. The molecule has 1 heterocycles. The van der Waals surface area contributed by atoms with E-state index in [2.05, 4.69) is 5.32 Å². The van der Waals surface area contributed by atoms with Crippen molar-refractivity contribution in [3.05, 3.63) is 59.9 Å². The number of amides is 1. The Morgan fingerprint density at radius 3 is 2.41 bits per heavy atom. The van der Waals surface area contributed by atoms with E-state index in [4.69, 9.17) is 13.9 Å². The highest BCUT2D eigenvalue weighted by Gasteiger charge is 2.13. The van der Waals surface area contributed by atoms with Crippen LogP contribution in [-0.2, 0) is 16.2 Å². The molecule has 3 aromatic rings. The van der Waals surface area contributed by atoms with Crippen LogP contribution in [-0.4, -0.2) is 11.9 Å². The van der Waals surface area contributed by atoms with Gasteiger partial charge in [-0.1, -0.05) is 12.1 Å². The first-order chi connectivity index (χ1) is 12.9. The molecule has 1 aromatic heterocycles. The number of carbonyl (C=O) groups is 2. The summed E-state index contributed by atoms with van der Waals surface area (Å²) in [4.78, 5) is 22.1. The van der Waals surface area contributed by atoms with Gasteiger partial charge in [-0.15, -0.1) is 0 Å². The number of carbonyl (C=O) groups excluding carboxylic acids is 2. The van der Waals surface area contributed by atoms with Crippen molar-refractivity contribution in [3.8, 4) is 11.5 Å². The van der Waals surface area contributed by atoms with Gasteiger partial charge in [0.15, 0.2) is 0 Å². The molecule has 1 atom stereocenters. The third kappa shape index (κ3) is 4.88. The normalized spacial score (nSPS) is 11.8. The van der Waals surface area contributed by atoms with Crippen LogP contribution in [0.15, 0.2) is 52.9 Å². The lowest BCUT2D eigenvalue weighted by Crippen LogP contribution is -2.23. The molecule has 1 amide bonds. The van der Waals surface area contributed by atoms with Crippen LogP contribution >= 0.6 is 0 Å². The van der Waals surface area contributed by atoms with Crippen LogP contribution < -0.4 is 14.8 Å². The smallest absolute Gasteiger partial charge is 0.308 e. The maximum atomic E-state index is 11.2. The molecule has 0 fully saturated rings. The predicted molar refractivity (Wildman–Crippen MR) is 101 cm³/mol. The Morgan fingerprint density at radius 2 is 1.74 bits per heavy atom. The lowest BCUT2D eigenvalue weighted by Gasteiger charge is -2.08. The Kier molecular flexibility index (Phi) is 5.45. The summed E-state index contributed by atoms with van der Waals surface area (Å²) in [5.74, 6) is 1.46. The van der Waals surface area contributed by atoms with Crippen LogP contribution in [0.5, 0.6) is 11.5 Å². The number of hydrogen-bond acceptors (Lipinski definition) is 5. The Labute approximate surface area is 157 Å². The Balaban J connectivity index is 1.66. The van der Waals surface area contributed by atoms with Crippen molar-refractivity contribution in [1.82, 2.24) is 5.32 Å². The highest BCUT2D eigenvalue weighted by Crippen LogP contribution is 2.27. The van der Waals surface area contributed by atoms with Crippen molar-refractivity contribution >= 4 is 22.8 Å². The summed E-state index contributed by atoms with van der Waals surface area (Å²) in [6.45, 7) is 5.10. The second kappa shape index (κ2) is 7.95. The van der Waals surface area contributed by atoms with Gasteiger partial charge >= 0.3 is 5.97 Å². The van der Waals surface area contributed by atoms with Crippen molar-refractivity contribution in [2.75, 3.05) is 0 Å². The summed E-state index contributed by atoms with van der Waals surface area (Å²) in [7, 11) is 0. The molecule has 0 aliphatic heterocycles. The third-order valence-electron chi connectivity index (χ3n) is 3.94. The average Bonchev–Trinajstić information content (AvgIpc) is 3.03. The lowest BCUT2D eigenvalue weighted by molar-refractivity contribution is -0.131. The molecule has 0 aliphatic rings. The molecule has 0 radical (unpaired) electrons. The van der Waals surface area contributed by atoms with Crippen LogP contribution in [0.25, 0.3) is 11.0 Å². The molecule has 0 bridgehead atoms. The first-order valence-corrected chi connectivity index (χ1v) is 8.61. The quantitative estimate of drug-likeness (QED) is 0.523. The fourth-order valence-electron chi connectivity index (χ4n) is 2.71. The van der Waals surface area contributed by atoms with Crippen LogP contribution in [0.4, 0.5) is 0 Å². The van der Waals surface area contributed by atoms with Crippen molar-refractivity contribution in [2.45, 2.75) is 33.4 Å². The van der Waals surface area contributed by atoms with Crippen molar-refractivity contribution < 1.29 is 23.5 Å². The molecule has 0 aliphatic carbocycles. The monoisotopic (exact) mass is 367 g/mol.